The molecule has 0 saturated heterocycles. The second kappa shape index (κ2) is 15.5. The van der Waals surface area contributed by atoms with Gasteiger partial charge in [-0.3, -0.25) is 19.2 Å². The highest BCUT2D eigenvalue weighted by molar-refractivity contribution is 7.98. The number of aliphatic carboxylic acids is 2. The number of nitrogens with two attached hydrogens (primary N) is 2. The van der Waals surface area contributed by atoms with Gasteiger partial charge in [-0.05, 0) is 44.2 Å². The van der Waals surface area contributed by atoms with E-state index in [9.17, 15) is 29.1 Å². The van der Waals surface area contributed by atoms with E-state index in [0.29, 0.717) is 31.6 Å². The van der Waals surface area contributed by atoms with Crippen LogP contribution in [-0.4, -0.2) is 83.1 Å². The van der Waals surface area contributed by atoms with Gasteiger partial charge in [0, 0.05) is 0 Å². The minimum Gasteiger partial charge on any atom is -0.481 e. The largest absolute Gasteiger partial charge is 0.481 e. The van der Waals surface area contributed by atoms with Gasteiger partial charge in [0.15, 0.2) is 0 Å². The van der Waals surface area contributed by atoms with Gasteiger partial charge in [-0.1, -0.05) is 0 Å². The molecule has 0 aliphatic heterocycles. The third kappa shape index (κ3) is 12.2. The van der Waals surface area contributed by atoms with Gasteiger partial charge < -0.3 is 37.6 Å². The lowest BCUT2D eigenvalue weighted by molar-refractivity contribution is -0.143. The van der Waals surface area contributed by atoms with Gasteiger partial charge in [-0.2, -0.15) is 11.8 Å². The van der Waals surface area contributed by atoms with Crippen molar-refractivity contribution in [2.24, 2.45) is 11.5 Å². The standard InChI is InChI=1S/C17H31N5O7S/c1-30-7-5-10(19)15(26)20-9-13(23)21-12(8-14(24)25)16(27)22-11(17(28)29)4-2-3-6-18/h10-12H,2-9,18-19H2,1H3,(H,20,26)(H,21,23)(H,22,27)(H,24,25)(H,28,29). The van der Waals surface area contributed by atoms with Crippen molar-refractivity contribution in [3.05, 3.63) is 0 Å². The molecule has 172 valence electrons. The first kappa shape index (κ1) is 27.6. The summed E-state index contributed by atoms with van der Waals surface area (Å²) in [5, 5.41) is 24.9. The number of hydrogen-bond donors (Lipinski definition) is 7. The fraction of sp³-hybridized carbons (Fsp3) is 0.706. The molecule has 0 aliphatic rings. The highest BCUT2D eigenvalue weighted by atomic mass is 32.2. The Kier molecular flexibility index (Phi) is 14.2. The lowest BCUT2D eigenvalue weighted by Crippen LogP contribution is -2.54. The zero-order chi connectivity index (χ0) is 23.1. The second-order valence-corrected chi connectivity index (χ2v) is 7.49. The smallest absolute Gasteiger partial charge is 0.326 e. The molecule has 0 aromatic carbocycles. The number of carbonyl (C=O) groups excluding carboxylic acids is 3. The minimum absolute atomic E-state index is 0.107. The maximum Gasteiger partial charge on any atom is 0.326 e. The summed E-state index contributed by atoms with van der Waals surface area (Å²) >= 11 is 1.51. The molecule has 0 aromatic heterocycles. The van der Waals surface area contributed by atoms with Crippen LogP contribution in [0.25, 0.3) is 0 Å². The van der Waals surface area contributed by atoms with Crippen LogP contribution >= 0.6 is 11.8 Å². The quantitative estimate of drug-likeness (QED) is 0.127. The molecular formula is C17H31N5O7S. The monoisotopic (exact) mass is 449 g/mol. The third-order valence-corrected chi connectivity index (χ3v) is 4.63. The number of carbonyl (C=O) groups is 5. The zero-order valence-corrected chi connectivity index (χ0v) is 17.7. The molecule has 0 aromatic rings. The molecule has 13 heteroatoms. The zero-order valence-electron chi connectivity index (χ0n) is 16.9. The van der Waals surface area contributed by atoms with Gasteiger partial charge in [0.25, 0.3) is 0 Å². The fourth-order valence-corrected chi connectivity index (χ4v) is 2.82. The van der Waals surface area contributed by atoms with E-state index in [4.69, 9.17) is 16.6 Å². The summed E-state index contributed by atoms with van der Waals surface area (Å²) < 4.78 is 0. The predicted molar refractivity (Wildman–Crippen MR) is 111 cm³/mol. The van der Waals surface area contributed by atoms with E-state index in [1.807, 2.05) is 6.26 Å². The lowest BCUT2D eigenvalue weighted by Gasteiger charge is -2.20. The highest BCUT2D eigenvalue weighted by Crippen LogP contribution is 2.03. The Labute approximate surface area is 178 Å². The SMILES string of the molecule is CSCCC(N)C(=O)NCC(=O)NC(CC(=O)O)C(=O)NC(CCCCN)C(=O)O. The van der Waals surface area contributed by atoms with Crippen molar-refractivity contribution in [2.75, 3.05) is 25.1 Å². The Morgan fingerprint density at radius 1 is 0.967 bits per heavy atom. The molecule has 0 saturated carbocycles. The predicted octanol–water partition coefficient (Wildman–Crippen LogP) is -2.16. The summed E-state index contributed by atoms with van der Waals surface area (Å²) in [6, 6.07) is -3.55. The van der Waals surface area contributed by atoms with Crippen molar-refractivity contribution in [1.29, 1.82) is 0 Å². The van der Waals surface area contributed by atoms with Gasteiger partial charge in [0.05, 0.1) is 19.0 Å². The van der Waals surface area contributed by atoms with Crippen LogP contribution in [0.15, 0.2) is 0 Å². The van der Waals surface area contributed by atoms with Crippen LogP contribution in [0.4, 0.5) is 0 Å². The second-order valence-electron chi connectivity index (χ2n) is 6.51. The summed E-state index contributed by atoms with van der Waals surface area (Å²) in [4.78, 5) is 58.5. The van der Waals surface area contributed by atoms with Crippen molar-refractivity contribution in [3.63, 3.8) is 0 Å². The molecule has 0 heterocycles. The molecule has 0 radical (unpaired) electrons. The first-order chi connectivity index (χ1) is 14.1. The Balaban J connectivity index is 4.83. The Hall–Kier alpha value is -2.38. The summed E-state index contributed by atoms with van der Waals surface area (Å²) in [5.41, 5.74) is 11.0. The van der Waals surface area contributed by atoms with Crippen LogP contribution in [0.1, 0.15) is 32.1 Å². The molecule has 12 nitrogen and oxygen atoms in total. The first-order valence-electron chi connectivity index (χ1n) is 9.39. The van der Waals surface area contributed by atoms with Gasteiger partial charge in [0.2, 0.25) is 17.7 Å². The number of carboxylic acids is 2. The number of unbranched alkanes of at least 4 members (excludes halogenated alkanes) is 1. The Bertz CT molecular complexity index is 605. The Morgan fingerprint density at radius 2 is 1.63 bits per heavy atom. The van der Waals surface area contributed by atoms with Gasteiger partial charge in [-0.15, -0.1) is 0 Å². The Morgan fingerprint density at radius 3 is 2.17 bits per heavy atom. The summed E-state index contributed by atoms with van der Waals surface area (Å²) in [7, 11) is 0. The van der Waals surface area contributed by atoms with Crippen LogP contribution in [0.2, 0.25) is 0 Å². The van der Waals surface area contributed by atoms with Gasteiger partial charge >= 0.3 is 11.9 Å². The van der Waals surface area contributed by atoms with Crippen LogP contribution in [0, 0.1) is 0 Å². The van der Waals surface area contributed by atoms with E-state index in [0.717, 1.165) is 0 Å². The van der Waals surface area contributed by atoms with E-state index in [1.165, 1.54) is 11.8 Å². The lowest BCUT2D eigenvalue weighted by atomic mass is 10.1. The summed E-state index contributed by atoms with van der Waals surface area (Å²) in [6.45, 7) is -0.140. The molecule has 3 atom stereocenters. The minimum atomic E-state index is -1.51. The van der Waals surface area contributed by atoms with Crippen molar-refractivity contribution in [1.82, 2.24) is 16.0 Å². The summed E-state index contributed by atoms with van der Waals surface area (Å²) in [6.07, 6.45) is 2.64. The van der Waals surface area contributed by atoms with Crippen LogP contribution in [0.3, 0.4) is 0 Å². The number of carboxylic acid groups (broad SMARTS) is 2. The highest BCUT2D eigenvalue weighted by Gasteiger charge is 2.28. The third-order valence-electron chi connectivity index (χ3n) is 3.98. The molecule has 0 spiro atoms. The normalized spacial score (nSPS) is 13.6. The van der Waals surface area contributed by atoms with Gasteiger partial charge in [0.1, 0.15) is 12.1 Å². The van der Waals surface area contributed by atoms with E-state index in [-0.39, 0.29) is 6.42 Å². The molecule has 9 N–H and O–H groups in total. The van der Waals surface area contributed by atoms with E-state index >= 15 is 0 Å². The molecular weight excluding hydrogens is 418 g/mol. The van der Waals surface area contributed by atoms with Crippen molar-refractivity contribution >= 4 is 41.4 Å². The van der Waals surface area contributed by atoms with E-state index < -0.39 is 60.8 Å². The van der Waals surface area contributed by atoms with Crippen LogP contribution in [0.5, 0.6) is 0 Å². The number of rotatable bonds is 16. The maximum atomic E-state index is 12.3. The topological polar surface area (TPSA) is 214 Å². The maximum absolute atomic E-state index is 12.3. The number of nitrogens with one attached hydrogen (secondary N) is 3. The first-order valence-corrected chi connectivity index (χ1v) is 10.8. The van der Waals surface area contributed by atoms with Crippen LogP contribution < -0.4 is 27.4 Å². The molecule has 0 fully saturated rings. The van der Waals surface area contributed by atoms with E-state index in [1.54, 1.807) is 0 Å². The molecule has 0 aliphatic carbocycles. The van der Waals surface area contributed by atoms with E-state index in [2.05, 4.69) is 16.0 Å². The van der Waals surface area contributed by atoms with Gasteiger partial charge in [-0.25, -0.2) is 4.79 Å². The fourth-order valence-electron chi connectivity index (χ4n) is 2.33. The number of hydrogen-bond acceptors (Lipinski definition) is 8. The molecule has 3 unspecified atom stereocenters. The van der Waals surface area contributed by atoms with Crippen molar-refractivity contribution < 1.29 is 34.2 Å². The number of amides is 3. The van der Waals surface area contributed by atoms with Crippen molar-refractivity contribution in [2.45, 2.75) is 50.2 Å². The molecule has 30 heavy (non-hydrogen) atoms. The average Bonchev–Trinajstić information content (AvgIpc) is 2.68. The number of thioether (sulfide) groups is 1. The molecule has 3 amide bonds. The molecule has 0 rings (SSSR count). The average molecular weight is 450 g/mol. The summed E-state index contributed by atoms with van der Waals surface area (Å²) in [5.74, 6) is -4.30. The molecule has 0 bridgehead atoms. The van der Waals surface area contributed by atoms with Crippen molar-refractivity contribution in [3.8, 4) is 0 Å². The van der Waals surface area contributed by atoms with Crippen LogP contribution in [-0.2, 0) is 24.0 Å².